The summed E-state index contributed by atoms with van der Waals surface area (Å²) in [5.41, 5.74) is 0. The van der Waals surface area contributed by atoms with Crippen molar-refractivity contribution in [1.29, 1.82) is 0 Å². The monoisotopic (exact) mass is 500 g/mol. The van der Waals surface area contributed by atoms with Gasteiger partial charge in [-0.2, -0.15) is 0 Å². The summed E-state index contributed by atoms with van der Waals surface area (Å²) in [6.45, 7) is 7.48. The summed E-state index contributed by atoms with van der Waals surface area (Å²) in [6, 6.07) is 3.66. The van der Waals surface area contributed by atoms with Gasteiger partial charge in [0.1, 0.15) is 6.10 Å². The highest BCUT2D eigenvalue weighted by molar-refractivity contribution is 14.0. The number of hydrogen-bond donors (Lipinski definition) is 3. The van der Waals surface area contributed by atoms with E-state index in [1.54, 1.807) is 6.07 Å². The number of aliphatic hydroxyl groups is 1. The van der Waals surface area contributed by atoms with Gasteiger partial charge in [-0.25, -0.2) is 0 Å². The third kappa shape index (κ3) is 8.90. The topological polar surface area (TPSA) is 59.9 Å². The molecule has 1 atom stereocenters. The largest absolute Gasteiger partial charge is 0.386 e. The highest BCUT2D eigenvalue weighted by Gasteiger charge is 2.11. The van der Waals surface area contributed by atoms with Crippen molar-refractivity contribution in [1.82, 2.24) is 15.5 Å². The van der Waals surface area contributed by atoms with Crippen molar-refractivity contribution in [3.8, 4) is 0 Å². The minimum absolute atomic E-state index is 0. The second-order valence-corrected chi connectivity index (χ2v) is 7.81. The zero-order valence-corrected chi connectivity index (χ0v) is 18.7. The van der Waals surface area contributed by atoms with Crippen LogP contribution in [0.3, 0.4) is 0 Å². The van der Waals surface area contributed by atoms with Gasteiger partial charge in [0.2, 0.25) is 0 Å². The number of nitrogens with zero attached hydrogens (tertiary/aromatic N) is 2. The van der Waals surface area contributed by atoms with Crippen LogP contribution in [0.4, 0.5) is 0 Å². The predicted molar refractivity (Wildman–Crippen MR) is 119 cm³/mol. The van der Waals surface area contributed by atoms with Gasteiger partial charge in [0, 0.05) is 24.5 Å². The number of hydrogen-bond acceptors (Lipinski definition) is 4. The average molecular weight is 501 g/mol. The molecule has 8 heteroatoms. The van der Waals surface area contributed by atoms with E-state index in [4.69, 9.17) is 11.6 Å². The summed E-state index contributed by atoms with van der Waals surface area (Å²) in [7, 11) is 0. The first-order chi connectivity index (χ1) is 11.7. The molecule has 1 unspecified atom stereocenters. The Morgan fingerprint density at radius 2 is 2.00 bits per heavy atom. The maximum absolute atomic E-state index is 10.2. The lowest BCUT2D eigenvalue weighted by molar-refractivity contribution is 0.191. The third-order valence-corrected chi connectivity index (χ3v) is 5.44. The van der Waals surface area contributed by atoms with Crippen LogP contribution in [0.15, 0.2) is 17.1 Å². The summed E-state index contributed by atoms with van der Waals surface area (Å²) in [5.74, 6) is 0.758. The van der Waals surface area contributed by atoms with Gasteiger partial charge in [-0.05, 0) is 45.0 Å². The predicted octanol–water partition coefficient (Wildman–Crippen LogP) is 3.48. The summed E-state index contributed by atoms with van der Waals surface area (Å²) in [4.78, 5) is 7.86. The van der Waals surface area contributed by atoms with Crippen molar-refractivity contribution in [3.63, 3.8) is 0 Å². The molecule has 1 fully saturated rings. The van der Waals surface area contributed by atoms with Gasteiger partial charge >= 0.3 is 0 Å². The van der Waals surface area contributed by atoms with E-state index in [1.807, 2.05) is 13.0 Å². The summed E-state index contributed by atoms with van der Waals surface area (Å²) >= 11 is 7.31. The summed E-state index contributed by atoms with van der Waals surface area (Å²) in [5, 5.41) is 16.8. The molecule has 2 heterocycles. The van der Waals surface area contributed by atoms with E-state index in [1.165, 1.54) is 50.1 Å². The number of guanidine groups is 1. The molecule has 1 aliphatic rings. The third-order valence-electron chi connectivity index (χ3n) is 4.11. The maximum Gasteiger partial charge on any atom is 0.191 e. The van der Waals surface area contributed by atoms with E-state index in [9.17, 15) is 5.11 Å². The molecule has 0 bridgehead atoms. The Bertz CT molecular complexity index is 507. The molecule has 0 aliphatic carbocycles. The normalized spacial score (nSPS) is 17.5. The van der Waals surface area contributed by atoms with Crippen LogP contribution in [-0.2, 0) is 0 Å². The van der Waals surface area contributed by atoms with Gasteiger partial charge in [-0.1, -0.05) is 24.4 Å². The van der Waals surface area contributed by atoms with E-state index >= 15 is 0 Å². The number of thiophene rings is 1. The fraction of sp³-hybridized carbons (Fsp3) is 0.706. The van der Waals surface area contributed by atoms with Crippen molar-refractivity contribution >= 4 is 52.9 Å². The van der Waals surface area contributed by atoms with Crippen LogP contribution in [0.25, 0.3) is 0 Å². The number of likely N-dealkylation sites (tertiary alicyclic amines) is 1. The van der Waals surface area contributed by atoms with Crippen molar-refractivity contribution < 1.29 is 5.11 Å². The second-order valence-electron chi connectivity index (χ2n) is 6.06. The first-order valence-corrected chi connectivity index (χ1v) is 10.1. The minimum Gasteiger partial charge on any atom is -0.386 e. The van der Waals surface area contributed by atoms with Crippen LogP contribution in [0.1, 0.15) is 43.6 Å². The molecule has 5 nitrogen and oxygen atoms in total. The van der Waals surface area contributed by atoms with Crippen LogP contribution in [-0.4, -0.2) is 55.2 Å². The lowest BCUT2D eigenvalue weighted by atomic mass is 10.2. The van der Waals surface area contributed by atoms with E-state index < -0.39 is 6.10 Å². The molecule has 0 radical (unpaired) electrons. The zero-order chi connectivity index (χ0) is 17.2. The molecule has 0 aromatic carbocycles. The molecule has 1 saturated heterocycles. The summed E-state index contributed by atoms with van der Waals surface area (Å²) in [6.07, 6.45) is 4.73. The molecular formula is C17H30ClIN4OS. The van der Waals surface area contributed by atoms with E-state index in [-0.39, 0.29) is 24.0 Å². The molecule has 3 N–H and O–H groups in total. The molecule has 0 spiro atoms. The second kappa shape index (κ2) is 13.1. The first-order valence-electron chi connectivity index (χ1n) is 8.87. The fourth-order valence-corrected chi connectivity index (χ4v) is 3.85. The molecule has 0 amide bonds. The Labute approximate surface area is 177 Å². The van der Waals surface area contributed by atoms with Crippen LogP contribution >= 0.6 is 46.9 Å². The fourth-order valence-electron chi connectivity index (χ4n) is 2.81. The highest BCUT2D eigenvalue weighted by atomic mass is 127. The van der Waals surface area contributed by atoms with Crippen LogP contribution < -0.4 is 10.6 Å². The van der Waals surface area contributed by atoms with Crippen molar-refractivity contribution in [3.05, 3.63) is 21.3 Å². The summed E-state index contributed by atoms with van der Waals surface area (Å²) < 4.78 is 0.690. The van der Waals surface area contributed by atoms with Gasteiger partial charge in [-0.15, -0.1) is 35.3 Å². The van der Waals surface area contributed by atoms with Crippen LogP contribution in [0.2, 0.25) is 4.34 Å². The van der Waals surface area contributed by atoms with Gasteiger partial charge in [0.05, 0.1) is 10.9 Å². The number of aliphatic hydroxyl groups excluding tert-OH is 1. The smallest absolute Gasteiger partial charge is 0.191 e. The molecule has 0 saturated carbocycles. The maximum atomic E-state index is 10.2. The molecule has 144 valence electrons. The van der Waals surface area contributed by atoms with Crippen molar-refractivity contribution in [2.75, 3.05) is 39.3 Å². The van der Waals surface area contributed by atoms with Crippen molar-refractivity contribution in [2.24, 2.45) is 4.99 Å². The van der Waals surface area contributed by atoms with Gasteiger partial charge in [-0.3, -0.25) is 4.99 Å². The number of halogens is 2. The number of aliphatic imine (C=N–C) groups is 1. The number of nitrogens with one attached hydrogen (secondary N) is 2. The van der Waals surface area contributed by atoms with Crippen LogP contribution in [0.5, 0.6) is 0 Å². The lowest BCUT2D eigenvalue weighted by Crippen LogP contribution is -2.42. The quantitative estimate of drug-likeness (QED) is 0.305. The molecule has 1 aliphatic heterocycles. The van der Waals surface area contributed by atoms with Gasteiger partial charge in [0.25, 0.3) is 0 Å². The van der Waals surface area contributed by atoms with Crippen molar-refractivity contribution in [2.45, 2.75) is 38.7 Å². The molecule has 2 rings (SSSR count). The minimum atomic E-state index is -0.608. The highest BCUT2D eigenvalue weighted by Crippen LogP contribution is 2.26. The zero-order valence-electron chi connectivity index (χ0n) is 14.8. The molecule has 25 heavy (non-hydrogen) atoms. The van der Waals surface area contributed by atoms with Gasteiger partial charge < -0.3 is 20.6 Å². The first kappa shape index (κ1) is 23.0. The molecular weight excluding hydrogens is 471 g/mol. The Morgan fingerprint density at radius 1 is 1.28 bits per heavy atom. The van der Waals surface area contributed by atoms with Gasteiger partial charge in [0.15, 0.2) is 5.96 Å². The van der Waals surface area contributed by atoms with E-state index in [0.29, 0.717) is 10.9 Å². The molecule has 1 aromatic heterocycles. The average Bonchev–Trinajstić information content (AvgIpc) is 2.84. The Hall–Kier alpha value is -0.0900. The van der Waals surface area contributed by atoms with E-state index in [0.717, 1.165) is 30.5 Å². The van der Waals surface area contributed by atoms with Crippen LogP contribution in [0, 0.1) is 0 Å². The number of rotatable bonds is 7. The SMILES string of the molecule is CCNC(=NCC(O)c1ccc(Cl)s1)NCCN1CCCCCC1.I. The molecule has 1 aromatic rings. The Morgan fingerprint density at radius 3 is 2.60 bits per heavy atom. The van der Waals surface area contributed by atoms with E-state index in [2.05, 4.69) is 20.5 Å². The Balaban J connectivity index is 0.00000312. The lowest BCUT2D eigenvalue weighted by Gasteiger charge is -2.20. The standard InChI is InChI=1S/C17H29ClN4OS.HI/c1-2-19-17(20-9-12-22-10-5-3-4-6-11-22)21-13-14(23)15-7-8-16(18)24-15;/h7-8,14,23H,2-6,9-13H2,1H3,(H2,19,20,21);1H. The Kier molecular flexibility index (Phi) is 12.1.